The molecule has 0 saturated heterocycles. The monoisotopic (exact) mass is 347 g/mol. The molecule has 138 valence electrons. The molecule has 0 unspecified atom stereocenters. The van der Waals surface area contributed by atoms with Crippen molar-refractivity contribution in [1.29, 1.82) is 0 Å². The summed E-state index contributed by atoms with van der Waals surface area (Å²) in [6.45, 7) is 4.43. The third-order valence-corrected chi connectivity index (χ3v) is 4.64. The minimum absolute atomic E-state index is 0.194. The van der Waals surface area contributed by atoms with Gasteiger partial charge in [-0.25, -0.2) is 0 Å². The zero-order chi connectivity index (χ0) is 18.1. The van der Waals surface area contributed by atoms with E-state index in [1.165, 1.54) is 12.0 Å². The van der Waals surface area contributed by atoms with Gasteiger partial charge in [0.25, 0.3) is 5.91 Å². The number of aryl methyl sites for hydroxylation is 1. The lowest BCUT2D eigenvalue weighted by atomic mass is 9.86. The summed E-state index contributed by atoms with van der Waals surface area (Å²) in [7, 11) is 0. The molecule has 2 atom stereocenters. The third-order valence-electron chi connectivity index (χ3n) is 4.64. The molecule has 0 radical (unpaired) electrons. The highest BCUT2D eigenvalue weighted by molar-refractivity contribution is 5.80. The molecule has 1 amide bonds. The van der Waals surface area contributed by atoms with Crippen molar-refractivity contribution in [2.24, 2.45) is 5.92 Å². The number of ether oxygens (including phenoxy) is 2. The van der Waals surface area contributed by atoms with E-state index in [9.17, 15) is 9.59 Å². The van der Waals surface area contributed by atoms with E-state index in [1.54, 1.807) is 0 Å². The van der Waals surface area contributed by atoms with Gasteiger partial charge in [0.15, 0.2) is 6.61 Å². The van der Waals surface area contributed by atoms with Crippen molar-refractivity contribution in [3.63, 3.8) is 0 Å². The largest absolute Gasteiger partial charge is 0.494 e. The maximum absolute atomic E-state index is 11.9. The van der Waals surface area contributed by atoms with E-state index in [2.05, 4.69) is 12.2 Å². The van der Waals surface area contributed by atoms with Crippen LogP contribution in [0.15, 0.2) is 24.3 Å². The fraction of sp³-hybridized carbons (Fsp3) is 0.600. The van der Waals surface area contributed by atoms with Crippen molar-refractivity contribution in [3.05, 3.63) is 29.8 Å². The van der Waals surface area contributed by atoms with Crippen molar-refractivity contribution in [2.45, 2.75) is 58.4 Å². The average Bonchev–Trinajstić information content (AvgIpc) is 2.60. The maximum atomic E-state index is 11.9. The normalized spacial score (nSPS) is 19.9. The van der Waals surface area contributed by atoms with Crippen molar-refractivity contribution in [2.75, 3.05) is 13.2 Å². The van der Waals surface area contributed by atoms with Crippen LogP contribution in [0.1, 0.15) is 51.0 Å². The Morgan fingerprint density at radius 2 is 1.88 bits per heavy atom. The molecule has 5 heteroatoms. The Morgan fingerprint density at radius 1 is 1.16 bits per heavy atom. The molecular weight excluding hydrogens is 318 g/mol. The summed E-state index contributed by atoms with van der Waals surface area (Å²) in [4.78, 5) is 23.6. The SMILES string of the molecule is Cc1ccc(OCCCC(=O)OCC(=O)N[C@@H]2CCCC[C@H]2C)cc1. The molecule has 1 aromatic rings. The Bertz CT molecular complexity index is 555. The van der Waals surface area contributed by atoms with E-state index >= 15 is 0 Å². The van der Waals surface area contributed by atoms with Crippen LogP contribution in [0.2, 0.25) is 0 Å². The Morgan fingerprint density at radius 3 is 2.60 bits per heavy atom. The second kappa shape index (κ2) is 10.1. The predicted octanol–water partition coefficient (Wildman–Crippen LogP) is 3.39. The molecule has 1 N–H and O–H groups in total. The van der Waals surface area contributed by atoms with Gasteiger partial charge >= 0.3 is 5.97 Å². The summed E-state index contributed by atoms with van der Waals surface area (Å²) in [6.07, 6.45) is 5.35. The molecule has 1 aliphatic rings. The number of carbonyl (C=O) groups is 2. The summed E-state index contributed by atoms with van der Waals surface area (Å²) in [5.74, 6) is 0.717. The van der Waals surface area contributed by atoms with Crippen molar-refractivity contribution >= 4 is 11.9 Å². The molecule has 2 rings (SSSR count). The number of amides is 1. The fourth-order valence-electron chi connectivity index (χ4n) is 3.04. The van der Waals surface area contributed by atoms with Gasteiger partial charge in [0, 0.05) is 12.5 Å². The minimum atomic E-state index is -0.362. The first kappa shape index (κ1) is 19.3. The quantitative estimate of drug-likeness (QED) is 0.578. The minimum Gasteiger partial charge on any atom is -0.494 e. The van der Waals surface area contributed by atoms with Crippen molar-refractivity contribution < 1.29 is 19.1 Å². The van der Waals surface area contributed by atoms with Crippen LogP contribution >= 0.6 is 0 Å². The van der Waals surface area contributed by atoms with Gasteiger partial charge in [-0.05, 0) is 44.2 Å². The number of benzene rings is 1. The van der Waals surface area contributed by atoms with Crippen LogP contribution in [0.25, 0.3) is 0 Å². The molecule has 0 aromatic heterocycles. The van der Waals surface area contributed by atoms with Gasteiger partial charge in [-0.15, -0.1) is 0 Å². The van der Waals surface area contributed by atoms with Crippen LogP contribution in [0.3, 0.4) is 0 Å². The number of rotatable bonds is 8. The molecule has 25 heavy (non-hydrogen) atoms. The van der Waals surface area contributed by atoms with Crippen LogP contribution < -0.4 is 10.1 Å². The van der Waals surface area contributed by atoms with Crippen LogP contribution in [0.4, 0.5) is 0 Å². The molecule has 0 aliphatic heterocycles. The summed E-state index contributed by atoms with van der Waals surface area (Å²) in [6, 6.07) is 7.99. The Balaban J connectivity index is 1.55. The Kier molecular flexibility index (Phi) is 7.76. The van der Waals surface area contributed by atoms with Crippen LogP contribution in [0, 0.1) is 12.8 Å². The van der Waals surface area contributed by atoms with Gasteiger partial charge < -0.3 is 14.8 Å². The van der Waals surface area contributed by atoms with Gasteiger partial charge in [0.2, 0.25) is 0 Å². The van der Waals surface area contributed by atoms with E-state index in [4.69, 9.17) is 9.47 Å². The van der Waals surface area contributed by atoms with E-state index in [0.29, 0.717) is 18.9 Å². The molecule has 1 saturated carbocycles. The summed E-state index contributed by atoms with van der Waals surface area (Å²) in [5.41, 5.74) is 1.18. The van der Waals surface area contributed by atoms with E-state index in [0.717, 1.165) is 25.0 Å². The number of carbonyl (C=O) groups excluding carboxylic acids is 2. The summed E-state index contributed by atoms with van der Waals surface area (Å²) >= 11 is 0. The van der Waals surface area contributed by atoms with E-state index < -0.39 is 0 Å². The standard InChI is InChI=1S/C20H29NO4/c1-15-9-11-17(12-10-15)24-13-5-8-20(23)25-14-19(22)21-18-7-4-3-6-16(18)2/h9-12,16,18H,3-8,13-14H2,1-2H3,(H,21,22)/t16-,18-/m1/s1. The first-order valence-corrected chi connectivity index (χ1v) is 9.19. The molecule has 0 bridgehead atoms. The van der Waals surface area contributed by atoms with Crippen LogP contribution in [0.5, 0.6) is 5.75 Å². The maximum Gasteiger partial charge on any atom is 0.306 e. The molecular formula is C20H29NO4. The van der Waals surface area contributed by atoms with Gasteiger partial charge in [-0.3, -0.25) is 9.59 Å². The lowest BCUT2D eigenvalue weighted by Crippen LogP contribution is -2.42. The predicted molar refractivity (Wildman–Crippen MR) is 96.4 cm³/mol. The molecule has 0 spiro atoms. The molecule has 1 fully saturated rings. The highest BCUT2D eigenvalue weighted by Crippen LogP contribution is 2.23. The molecule has 1 aliphatic carbocycles. The molecule has 5 nitrogen and oxygen atoms in total. The zero-order valence-corrected chi connectivity index (χ0v) is 15.3. The number of esters is 1. The number of nitrogens with one attached hydrogen (secondary N) is 1. The lowest BCUT2D eigenvalue weighted by Gasteiger charge is -2.29. The Labute approximate surface area is 150 Å². The smallest absolute Gasteiger partial charge is 0.306 e. The molecule has 0 heterocycles. The lowest BCUT2D eigenvalue weighted by molar-refractivity contribution is -0.149. The van der Waals surface area contributed by atoms with Gasteiger partial charge in [-0.1, -0.05) is 37.5 Å². The first-order valence-electron chi connectivity index (χ1n) is 9.19. The highest BCUT2D eigenvalue weighted by Gasteiger charge is 2.23. The third kappa shape index (κ3) is 7.16. The topological polar surface area (TPSA) is 64.6 Å². The molecule has 1 aromatic carbocycles. The van der Waals surface area contributed by atoms with Crippen molar-refractivity contribution in [1.82, 2.24) is 5.32 Å². The Hall–Kier alpha value is -2.04. The number of hydrogen-bond acceptors (Lipinski definition) is 4. The second-order valence-electron chi connectivity index (χ2n) is 6.86. The highest BCUT2D eigenvalue weighted by atomic mass is 16.5. The number of hydrogen-bond donors (Lipinski definition) is 1. The van der Waals surface area contributed by atoms with E-state index in [-0.39, 0.29) is 30.9 Å². The van der Waals surface area contributed by atoms with Gasteiger partial charge in [-0.2, -0.15) is 0 Å². The fourth-order valence-corrected chi connectivity index (χ4v) is 3.04. The van der Waals surface area contributed by atoms with Crippen LogP contribution in [-0.4, -0.2) is 31.1 Å². The van der Waals surface area contributed by atoms with Gasteiger partial charge in [0.05, 0.1) is 6.61 Å². The van der Waals surface area contributed by atoms with Crippen molar-refractivity contribution in [3.8, 4) is 5.75 Å². The first-order chi connectivity index (χ1) is 12.0. The van der Waals surface area contributed by atoms with E-state index in [1.807, 2.05) is 31.2 Å². The second-order valence-corrected chi connectivity index (χ2v) is 6.86. The van der Waals surface area contributed by atoms with Gasteiger partial charge in [0.1, 0.15) is 5.75 Å². The zero-order valence-electron chi connectivity index (χ0n) is 15.3. The summed E-state index contributed by atoms with van der Waals surface area (Å²) in [5, 5.41) is 2.98. The van der Waals surface area contributed by atoms with Crippen LogP contribution in [-0.2, 0) is 14.3 Å². The average molecular weight is 347 g/mol. The summed E-state index contributed by atoms with van der Waals surface area (Å²) < 4.78 is 10.6.